The number of nitrogens with one attached hydrogen (secondary N) is 2. The number of aromatic nitrogens is 2. The molecule has 1 fully saturated rings. The number of H-pyrrole nitrogens is 1. The van der Waals surface area contributed by atoms with Gasteiger partial charge in [0.2, 0.25) is 0 Å². The summed E-state index contributed by atoms with van der Waals surface area (Å²) in [6, 6.07) is 0. The Morgan fingerprint density at radius 3 is 2.57 bits per heavy atom. The highest BCUT2D eigenvalue weighted by Gasteiger charge is 2.55. The number of nitrogens with zero attached hydrogens (tertiary/aromatic N) is 1. The molecule has 1 aromatic rings. The van der Waals surface area contributed by atoms with Gasteiger partial charge in [-0.05, 0) is 13.3 Å². The van der Waals surface area contributed by atoms with E-state index in [0.717, 1.165) is 18.9 Å². The number of halogens is 3. The second-order valence-electron chi connectivity index (χ2n) is 6.83. The van der Waals surface area contributed by atoms with Gasteiger partial charge in [-0.1, -0.05) is 5.57 Å². The number of hydrogen-bond acceptors (Lipinski definition) is 8. The second kappa shape index (κ2) is 9.12. The highest BCUT2D eigenvalue weighted by atomic mass is 19.4. The van der Waals surface area contributed by atoms with Crippen LogP contribution in [0.15, 0.2) is 27.9 Å². The van der Waals surface area contributed by atoms with Crippen LogP contribution in [0.4, 0.5) is 18.9 Å². The van der Waals surface area contributed by atoms with Gasteiger partial charge in [-0.2, -0.15) is 13.2 Å². The van der Waals surface area contributed by atoms with Gasteiger partial charge < -0.3 is 25.0 Å². The number of methoxy groups -OCH3 is 1. The molecule has 0 bridgehead atoms. The first-order valence-electron chi connectivity index (χ1n) is 8.77. The maximum atomic E-state index is 12.8. The quantitative estimate of drug-likeness (QED) is 0.406. The van der Waals surface area contributed by atoms with Crippen LogP contribution in [0.1, 0.15) is 19.6 Å². The van der Waals surface area contributed by atoms with Crippen molar-refractivity contribution in [3.63, 3.8) is 0 Å². The van der Waals surface area contributed by atoms with Crippen LogP contribution in [0.3, 0.4) is 0 Å². The number of Topliss-reactive ketones (excluding diaryl/α,β-unsaturated/α-hetero) is 1. The lowest BCUT2D eigenvalue weighted by Gasteiger charge is -2.24. The lowest BCUT2D eigenvalue weighted by molar-refractivity contribution is -0.192. The third kappa shape index (κ3) is 4.98. The predicted molar refractivity (Wildman–Crippen MR) is 97.0 cm³/mol. The van der Waals surface area contributed by atoms with Crippen molar-refractivity contribution in [3.05, 3.63) is 39.2 Å². The number of rotatable bonds is 8. The van der Waals surface area contributed by atoms with E-state index in [4.69, 9.17) is 4.74 Å². The maximum absolute atomic E-state index is 12.8. The minimum Gasteiger partial charge on any atom is -0.387 e. The number of carbonyl (C=O) groups is 1. The summed E-state index contributed by atoms with van der Waals surface area (Å²) in [5.41, 5.74) is -1.07. The van der Waals surface area contributed by atoms with Crippen molar-refractivity contribution in [1.29, 1.82) is 0 Å². The van der Waals surface area contributed by atoms with E-state index in [9.17, 15) is 37.8 Å². The second-order valence-corrected chi connectivity index (χ2v) is 6.83. The van der Waals surface area contributed by atoms with Crippen molar-refractivity contribution in [3.8, 4) is 0 Å². The molecule has 1 aromatic heterocycles. The average Bonchev–Trinajstić information content (AvgIpc) is 2.92. The molecule has 10 nitrogen and oxygen atoms in total. The van der Waals surface area contributed by atoms with Gasteiger partial charge in [-0.15, -0.1) is 6.58 Å². The van der Waals surface area contributed by atoms with Gasteiger partial charge in [0, 0.05) is 19.9 Å². The van der Waals surface area contributed by atoms with E-state index in [2.05, 4.69) is 16.6 Å². The van der Waals surface area contributed by atoms with Crippen molar-refractivity contribution in [2.45, 2.75) is 50.2 Å². The molecule has 0 amide bonds. The Labute approximate surface area is 167 Å². The summed E-state index contributed by atoms with van der Waals surface area (Å²) in [4.78, 5) is 37.7. The summed E-state index contributed by atoms with van der Waals surface area (Å²) in [6.07, 6.45) is -13.5. The van der Waals surface area contributed by atoms with E-state index in [1.165, 1.54) is 0 Å². The summed E-state index contributed by atoms with van der Waals surface area (Å²) < 4.78 is 48.8. The van der Waals surface area contributed by atoms with E-state index in [1.54, 1.807) is 6.92 Å². The van der Waals surface area contributed by atoms with Gasteiger partial charge in [0.1, 0.15) is 24.0 Å². The van der Waals surface area contributed by atoms with Crippen LogP contribution in [0.2, 0.25) is 0 Å². The molecule has 4 N–H and O–H groups in total. The van der Waals surface area contributed by atoms with Crippen LogP contribution in [0, 0.1) is 0 Å². The Morgan fingerprint density at radius 2 is 2.03 bits per heavy atom. The number of carbonyl (C=O) groups excluding carboxylic acids is 1. The van der Waals surface area contributed by atoms with E-state index in [-0.39, 0.29) is 5.69 Å². The highest BCUT2D eigenvalue weighted by Crippen LogP contribution is 2.33. The minimum atomic E-state index is -5.28. The first-order chi connectivity index (χ1) is 13.9. The first-order valence-corrected chi connectivity index (χ1v) is 8.77. The third-order valence-electron chi connectivity index (χ3n) is 4.47. The lowest BCUT2D eigenvalue weighted by atomic mass is 10.0. The van der Waals surface area contributed by atoms with Crippen LogP contribution in [-0.4, -0.2) is 69.8 Å². The number of hydrogen-bond donors (Lipinski definition) is 4. The highest BCUT2D eigenvalue weighted by molar-refractivity contribution is 5.89. The van der Waals surface area contributed by atoms with E-state index < -0.39 is 53.9 Å². The number of anilines is 1. The van der Waals surface area contributed by atoms with E-state index in [0.29, 0.717) is 17.5 Å². The molecule has 1 saturated heterocycles. The Hall–Kier alpha value is -2.48. The molecule has 0 spiro atoms. The normalized spacial score (nSPS) is 25.2. The van der Waals surface area contributed by atoms with Gasteiger partial charge in [0.05, 0.1) is 0 Å². The third-order valence-corrected chi connectivity index (χ3v) is 4.47. The fraction of sp³-hybridized carbons (Fsp3) is 0.588. The number of alkyl halides is 3. The van der Waals surface area contributed by atoms with Gasteiger partial charge in [0.25, 0.3) is 11.3 Å². The number of aliphatic hydroxyl groups excluding tert-OH is 2. The van der Waals surface area contributed by atoms with Crippen LogP contribution < -0.4 is 16.6 Å². The van der Waals surface area contributed by atoms with Crippen LogP contribution in [0.5, 0.6) is 0 Å². The minimum absolute atomic E-state index is 0.0840. The van der Waals surface area contributed by atoms with Gasteiger partial charge >= 0.3 is 11.9 Å². The molecule has 1 aliphatic rings. The number of aromatic amines is 1. The zero-order chi connectivity index (χ0) is 22.8. The Bertz CT molecular complexity index is 911. The van der Waals surface area contributed by atoms with Crippen molar-refractivity contribution in [2.24, 2.45) is 0 Å². The Balaban J connectivity index is 2.33. The number of ether oxygens (including phenoxy) is 2. The molecule has 168 valence electrons. The molecule has 0 aromatic carbocycles. The average molecular weight is 437 g/mol. The molecule has 0 saturated carbocycles. The van der Waals surface area contributed by atoms with Gasteiger partial charge in [-0.25, -0.2) is 4.79 Å². The standard InChI is InChI=1S/C17H22F3N3O7/c1-7(2)4-5-21-8-6-23(16(28)22-14(8)27)15-10(25)9(24)11(30-15)12(29-3)13(26)17(18,19)20/h6,9-12,15,21,24-25H,1,4-5H2,2-3H3,(H,22,27,28)/t9-,10+,11-,12?,15+/m0/s1. The molecular formula is C17H22F3N3O7. The van der Waals surface area contributed by atoms with Crippen molar-refractivity contribution in [2.75, 3.05) is 19.0 Å². The molecular weight excluding hydrogens is 415 g/mol. The van der Waals surface area contributed by atoms with Gasteiger partial charge in [0.15, 0.2) is 12.3 Å². The monoisotopic (exact) mass is 437 g/mol. The zero-order valence-corrected chi connectivity index (χ0v) is 16.1. The summed E-state index contributed by atoms with van der Waals surface area (Å²) in [5.74, 6) is -2.32. The molecule has 5 atom stereocenters. The van der Waals surface area contributed by atoms with Crippen molar-refractivity contribution in [1.82, 2.24) is 9.55 Å². The topological polar surface area (TPSA) is 143 Å². The summed E-state index contributed by atoms with van der Waals surface area (Å²) >= 11 is 0. The van der Waals surface area contributed by atoms with Crippen LogP contribution in [-0.2, 0) is 14.3 Å². The van der Waals surface area contributed by atoms with Gasteiger partial charge in [-0.3, -0.25) is 19.1 Å². The summed E-state index contributed by atoms with van der Waals surface area (Å²) in [6.45, 7) is 5.77. The first kappa shape index (κ1) is 23.8. The van der Waals surface area contributed by atoms with Crippen molar-refractivity contribution < 1.29 is 37.7 Å². The largest absolute Gasteiger partial charge is 0.452 e. The SMILES string of the molecule is C=C(C)CCNc1cn([C@@H]2O[C@H](C(OC)C(=O)C(F)(F)F)[C@@H](O)[C@H]2O)c(=O)[nH]c1=O. The van der Waals surface area contributed by atoms with E-state index in [1.807, 2.05) is 4.98 Å². The molecule has 0 aliphatic carbocycles. The summed E-state index contributed by atoms with van der Waals surface area (Å²) in [7, 11) is 0.805. The Morgan fingerprint density at radius 1 is 1.40 bits per heavy atom. The summed E-state index contributed by atoms with van der Waals surface area (Å²) in [5, 5.41) is 23.1. The predicted octanol–water partition coefficient (Wildman–Crippen LogP) is -0.320. The maximum Gasteiger partial charge on any atom is 0.452 e. The number of ketones is 1. The molecule has 2 heterocycles. The lowest BCUT2D eigenvalue weighted by Crippen LogP contribution is -2.48. The smallest absolute Gasteiger partial charge is 0.387 e. The Kier molecular flexibility index (Phi) is 7.23. The number of aliphatic hydroxyl groups is 2. The molecule has 30 heavy (non-hydrogen) atoms. The molecule has 1 unspecified atom stereocenters. The fourth-order valence-electron chi connectivity index (χ4n) is 2.93. The molecule has 13 heteroatoms. The van der Waals surface area contributed by atoms with Crippen LogP contribution >= 0.6 is 0 Å². The molecule has 0 radical (unpaired) electrons. The zero-order valence-electron chi connectivity index (χ0n) is 16.1. The van der Waals surface area contributed by atoms with Crippen LogP contribution in [0.25, 0.3) is 0 Å². The molecule has 2 rings (SSSR count). The molecule has 1 aliphatic heterocycles. The van der Waals surface area contributed by atoms with E-state index >= 15 is 0 Å². The van der Waals surface area contributed by atoms with Crippen molar-refractivity contribution >= 4 is 11.5 Å². The fourth-order valence-corrected chi connectivity index (χ4v) is 2.93.